The van der Waals surface area contributed by atoms with Crippen LogP contribution in [0.3, 0.4) is 0 Å². The largest absolute Gasteiger partial charge is 0.497 e. The maximum Gasteiger partial charge on any atom is 0.244 e. The second-order valence-corrected chi connectivity index (χ2v) is 4.37. The lowest BCUT2D eigenvalue weighted by atomic mass is 9.94. The third kappa shape index (κ3) is 2.97. The molecule has 0 atom stereocenters. The fourth-order valence-corrected chi connectivity index (χ4v) is 1.23. The number of anilines is 1. The summed E-state index contributed by atoms with van der Waals surface area (Å²) in [5, 5.41) is 11.6. The second kappa shape index (κ2) is 4.88. The number of nitrogens with zero attached hydrogens (tertiary/aromatic N) is 1. The number of carbonyl (C=O) groups excluding carboxylic acids is 1. The van der Waals surface area contributed by atoms with Crippen LogP contribution in [0, 0.1) is 23.7 Å². The van der Waals surface area contributed by atoms with Gasteiger partial charge in [0.15, 0.2) is 0 Å². The Morgan fingerprint density at radius 1 is 1.47 bits per heavy atom. The quantitative estimate of drug-likeness (QED) is 0.870. The minimum atomic E-state index is -1.04. The Hall–Kier alpha value is -2.02. The molecule has 0 radical (unpaired) electrons. The van der Waals surface area contributed by atoms with Crippen LogP contribution in [0.25, 0.3) is 0 Å². The van der Waals surface area contributed by atoms with Gasteiger partial charge in [0.05, 0.1) is 13.2 Å². The van der Waals surface area contributed by atoms with Crippen molar-refractivity contribution in [2.24, 2.45) is 5.41 Å². The Balaban J connectivity index is 2.91. The van der Waals surface area contributed by atoms with Gasteiger partial charge in [-0.1, -0.05) is 0 Å². The molecule has 1 amide bonds. The van der Waals surface area contributed by atoms with Crippen molar-refractivity contribution >= 4 is 11.6 Å². The van der Waals surface area contributed by atoms with E-state index in [1.54, 1.807) is 33.1 Å². The summed E-state index contributed by atoms with van der Waals surface area (Å²) in [6.45, 7) is 5.04. The molecular formula is C13H16N2O2. The molecule has 0 spiro atoms. The van der Waals surface area contributed by atoms with Crippen LogP contribution in [0.4, 0.5) is 5.69 Å². The molecule has 0 saturated carbocycles. The molecule has 1 aromatic rings. The van der Waals surface area contributed by atoms with Gasteiger partial charge in [-0.05, 0) is 44.5 Å². The zero-order valence-electron chi connectivity index (χ0n) is 10.5. The van der Waals surface area contributed by atoms with E-state index in [9.17, 15) is 4.79 Å². The predicted molar refractivity (Wildman–Crippen MR) is 65.8 cm³/mol. The highest BCUT2D eigenvalue weighted by Crippen LogP contribution is 2.23. The van der Waals surface area contributed by atoms with Gasteiger partial charge >= 0.3 is 0 Å². The first kappa shape index (κ1) is 13.0. The fourth-order valence-electron chi connectivity index (χ4n) is 1.23. The first-order valence-electron chi connectivity index (χ1n) is 5.28. The highest BCUT2D eigenvalue weighted by Gasteiger charge is 2.27. The minimum Gasteiger partial charge on any atom is -0.497 e. The van der Waals surface area contributed by atoms with Gasteiger partial charge in [-0.25, -0.2) is 0 Å². The summed E-state index contributed by atoms with van der Waals surface area (Å²) in [5.74, 6) is 0.424. The Kier molecular flexibility index (Phi) is 3.74. The molecule has 0 heterocycles. The van der Waals surface area contributed by atoms with Crippen molar-refractivity contribution in [3.8, 4) is 11.8 Å². The smallest absolute Gasteiger partial charge is 0.244 e. The van der Waals surface area contributed by atoms with E-state index in [2.05, 4.69) is 5.32 Å². The fraction of sp³-hybridized carbons (Fsp3) is 0.385. The maximum absolute atomic E-state index is 11.8. The summed E-state index contributed by atoms with van der Waals surface area (Å²) in [6.07, 6.45) is 0. The van der Waals surface area contributed by atoms with Gasteiger partial charge in [-0.2, -0.15) is 5.26 Å². The molecule has 0 aliphatic carbocycles. The second-order valence-electron chi connectivity index (χ2n) is 4.37. The van der Waals surface area contributed by atoms with Crippen LogP contribution in [-0.4, -0.2) is 13.0 Å². The summed E-state index contributed by atoms with van der Waals surface area (Å²) >= 11 is 0. The van der Waals surface area contributed by atoms with Crippen molar-refractivity contribution in [3.05, 3.63) is 23.8 Å². The molecule has 0 saturated heterocycles. The minimum absolute atomic E-state index is 0.312. The molecule has 17 heavy (non-hydrogen) atoms. The highest BCUT2D eigenvalue weighted by atomic mass is 16.5. The number of methoxy groups -OCH3 is 1. The molecular weight excluding hydrogens is 216 g/mol. The van der Waals surface area contributed by atoms with E-state index in [4.69, 9.17) is 10.00 Å². The number of ether oxygens (including phenoxy) is 1. The number of aryl methyl sites for hydroxylation is 1. The number of nitriles is 1. The van der Waals surface area contributed by atoms with E-state index < -0.39 is 5.41 Å². The summed E-state index contributed by atoms with van der Waals surface area (Å²) in [4.78, 5) is 11.8. The number of benzene rings is 1. The van der Waals surface area contributed by atoms with Crippen LogP contribution in [-0.2, 0) is 4.79 Å². The monoisotopic (exact) mass is 232 g/mol. The molecule has 4 heteroatoms. The Morgan fingerprint density at radius 3 is 2.59 bits per heavy atom. The van der Waals surface area contributed by atoms with E-state index in [0.717, 1.165) is 11.3 Å². The lowest BCUT2D eigenvalue weighted by Gasteiger charge is -2.16. The lowest BCUT2D eigenvalue weighted by Crippen LogP contribution is -2.29. The highest BCUT2D eigenvalue weighted by molar-refractivity contribution is 5.97. The van der Waals surface area contributed by atoms with Crippen LogP contribution in [0.2, 0.25) is 0 Å². The number of amides is 1. The molecule has 0 bridgehead atoms. The van der Waals surface area contributed by atoms with Crippen LogP contribution >= 0.6 is 0 Å². The van der Waals surface area contributed by atoms with Crippen molar-refractivity contribution in [2.75, 3.05) is 12.4 Å². The summed E-state index contributed by atoms with van der Waals surface area (Å²) in [6, 6.07) is 7.32. The molecule has 1 rings (SSSR count). The number of hydrogen-bond donors (Lipinski definition) is 1. The van der Waals surface area contributed by atoms with Gasteiger partial charge in [0.1, 0.15) is 11.2 Å². The van der Waals surface area contributed by atoms with Crippen LogP contribution in [0.5, 0.6) is 5.75 Å². The Morgan fingerprint density at radius 2 is 2.12 bits per heavy atom. The SMILES string of the molecule is COc1ccc(NC(=O)C(C)(C)C#N)c(C)c1. The van der Waals surface area contributed by atoms with Gasteiger partial charge in [0.2, 0.25) is 5.91 Å². The summed E-state index contributed by atoms with van der Waals surface area (Å²) in [7, 11) is 1.59. The lowest BCUT2D eigenvalue weighted by molar-refractivity contribution is -0.121. The van der Waals surface area contributed by atoms with Gasteiger partial charge in [-0.15, -0.1) is 0 Å². The maximum atomic E-state index is 11.8. The molecule has 90 valence electrons. The van der Waals surface area contributed by atoms with Crippen molar-refractivity contribution in [1.29, 1.82) is 5.26 Å². The van der Waals surface area contributed by atoms with Crippen LogP contribution in [0.15, 0.2) is 18.2 Å². The third-order valence-corrected chi connectivity index (χ3v) is 2.53. The Bertz CT molecular complexity index is 473. The van der Waals surface area contributed by atoms with Crippen molar-refractivity contribution < 1.29 is 9.53 Å². The van der Waals surface area contributed by atoms with Crippen molar-refractivity contribution in [2.45, 2.75) is 20.8 Å². The first-order valence-corrected chi connectivity index (χ1v) is 5.28. The van der Waals surface area contributed by atoms with Crippen molar-refractivity contribution in [3.63, 3.8) is 0 Å². The molecule has 1 N–H and O–H groups in total. The van der Waals surface area contributed by atoms with Crippen molar-refractivity contribution in [1.82, 2.24) is 0 Å². The van der Waals surface area contributed by atoms with Crippen LogP contribution in [0.1, 0.15) is 19.4 Å². The average molecular weight is 232 g/mol. The summed E-state index contributed by atoms with van der Waals surface area (Å²) in [5.41, 5.74) is 0.553. The molecule has 1 aromatic carbocycles. The van der Waals surface area contributed by atoms with Gasteiger partial charge in [0, 0.05) is 5.69 Å². The predicted octanol–water partition coefficient (Wildman–Crippen LogP) is 2.49. The van der Waals surface area contributed by atoms with Gasteiger partial charge in [0.25, 0.3) is 0 Å². The van der Waals surface area contributed by atoms with E-state index in [1.807, 2.05) is 19.1 Å². The van der Waals surface area contributed by atoms with E-state index in [0.29, 0.717) is 5.69 Å². The molecule has 0 aromatic heterocycles. The number of rotatable bonds is 3. The summed E-state index contributed by atoms with van der Waals surface area (Å²) < 4.78 is 5.08. The zero-order valence-corrected chi connectivity index (χ0v) is 10.5. The normalized spacial score (nSPS) is 10.5. The molecule has 0 fully saturated rings. The first-order chi connectivity index (χ1) is 7.90. The van der Waals surface area contributed by atoms with Crippen LogP contribution < -0.4 is 10.1 Å². The van der Waals surface area contributed by atoms with E-state index in [1.165, 1.54) is 0 Å². The molecule has 0 aliphatic rings. The number of carbonyl (C=O) groups is 1. The molecule has 0 aliphatic heterocycles. The Labute approximate surface area is 101 Å². The van der Waals surface area contributed by atoms with E-state index in [-0.39, 0.29) is 5.91 Å². The van der Waals surface area contributed by atoms with Gasteiger partial charge < -0.3 is 10.1 Å². The standard InChI is InChI=1S/C13H16N2O2/c1-9-7-10(17-4)5-6-11(9)15-12(16)13(2,3)8-14/h5-7H,1-4H3,(H,15,16). The zero-order chi connectivity index (χ0) is 13.1. The molecule has 0 unspecified atom stereocenters. The topological polar surface area (TPSA) is 62.1 Å². The third-order valence-electron chi connectivity index (χ3n) is 2.53. The molecule has 4 nitrogen and oxygen atoms in total. The van der Waals surface area contributed by atoms with E-state index >= 15 is 0 Å². The number of nitrogens with one attached hydrogen (secondary N) is 1. The number of hydrogen-bond acceptors (Lipinski definition) is 3. The van der Waals surface area contributed by atoms with Gasteiger partial charge in [-0.3, -0.25) is 4.79 Å². The average Bonchev–Trinajstić information content (AvgIpc) is 2.31.